The summed E-state index contributed by atoms with van der Waals surface area (Å²) in [5.41, 5.74) is 1.69. The second kappa shape index (κ2) is 9.45. The van der Waals surface area contributed by atoms with Crippen LogP contribution in [0.5, 0.6) is 0 Å². The van der Waals surface area contributed by atoms with Gasteiger partial charge in [0.25, 0.3) is 5.91 Å². The quantitative estimate of drug-likeness (QED) is 0.583. The summed E-state index contributed by atoms with van der Waals surface area (Å²) in [7, 11) is 0. The summed E-state index contributed by atoms with van der Waals surface area (Å²) in [5.74, 6) is -1.02. The SMILES string of the molecule is O=C(COC(=O)COCc1nc2ccccc2s1)NCc1ccccc1Cl. The van der Waals surface area contributed by atoms with Crippen molar-refractivity contribution in [1.29, 1.82) is 0 Å². The van der Waals surface area contributed by atoms with Crippen LogP contribution in [0.3, 0.4) is 0 Å². The average Bonchev–Trinajstić information content (AvgIpc) is 3.08. The molecule has 0 aliphatic heterocycles. The lowest BCUT2D eigenvalue weighted by Gasteiger charge is -2.08. The van der Waals surface area contributed by atoms with E-state index in [4.69, 9.17) is 21.1 Å². The second-order valence-electron chi connectivity index (χ2n) is 5.60. The average molecular weight is 405 g/mol. The maximum Gasteiger partial charge on any atom is 0.332 e. The largest absolute Gasteiger partial charge is 0.454 e. The first-order valence-electron chi connectivity index (χ1n) is 8.20. The number of para-hydroxylation sites is 1. The molecule has 27 heavy (non-hydrogen) atoms. The fraction of sp³-hybridized carbons (Fsp3) is 0.211. The highest BCUT2D eigenvalue weighted by molar-refractivity contribution is 7.18. The van der Waals surface area contributed by atoms with Gasteiger partial charge in [-0.15, -0.1) is 11.3 Å². The van der Waals surface area contributed by atoms with Crippen molar-refractivity contribution in [3.8, 4) is 0 Å². The highest BCUT2D eigenvalue weighted by atomic mass is 35.5. The minimum atomic E-state index is -0.607. The van der Waals surface area contributed by atoms with E-state index in [0.29, 0.717) is 5.02 Å². The number of halogens is 1. The lowest BCUT2D eigenvalue weighted by molar-refractivity contribution is -0.153. The van der Waals surface area contributed by atoms with Crippen LogP contribution in [0, 0.1) is 0 Å². The summed E-state index contributed by atoms with van der Waals surface area (Å²) < 4.78 is 11.3. The summed E-state index contributed by atoms with van der Waals surface area (Å²) >= 11 is 7.52. The van der Waals surface area contributed by atoms with Crippen LogP contribution in [-0.2, 0) is 32.2 Å². The Morgan fingerprint density at radius 1 is 1.07 bits per heavy atom. The fourth-order valence-electron chi connectivity index (χ4n) is 2.28. The summed E-state index contributed by atoms with van der Waals surface area (Å²) in [6.45, 7) is -0.126. The van der Waals surface area contributed by atoms with Gasteiger partial charge < -0.3 is 14.8 Å². The maximum absolute atomic E-state index is 11.7. The Morgan fingerprint density at radius 3 is 2.67 bits per heavy atom. The molecule has 0 unspecified atom stereocenters. The predicted octanol–water partition coefficient (Wildman–Crippen LogP) is 3.33. The molecule has 2 aromatic carbocycles. The van der Waals surface area contributed by atoms with Crippen molar-refractivity contribution in [1.82, 2.24) is 10.3 Å². The number of carbonyl (C=O) groups excluding carboxylic acids is 2. The Bertz CT molecular complexity index is 911. The highest BCUT2D eigenvalue weighted by Crippen LogP contribution is 2.21. The van der Waals surface area contributed by atoms with Gasteiger partial charge in [0.2, 0.25) is 0 Å². The molecule has 1 amide bonds. The second-order valence-corrected chi connectivity index (χ2v) is 7.12. The number of benzene rings is 2. The van der Waals surface area contributed by atoms with Gasteiger partial charge in [-0.1, -0.05) is 41.9 Å². The molecule has 3 rings (SSSR count). The Balaban J connectivity index is 1.34. The van der Waals surface area contributed by atoms with Crippen LogP contribution < -0.4 is 5.32 Å². The van der Waals surface area contributed by atoms with Gasteiger partial charge in [-0.3, -0.25) is 4.79 Å². The summed E-state index contributed by atoms with van der Waals surface area (Å²) in [6.07, 6.45) is 0. The van der Waals surface area contributed by atoms with Gasteiger partial charge in [0.1, 0.15) is 11.6 Å². The molecule has 0 fully saturated rings. The van der Waals surface area contributed by atoms with Gasteiger partial charge in [-0.25, -0.2) is 9.78 Å². The Kier molecular flexibility index (Phi) is 6.75. The van der Waals surface area contributed by atoms with Crippen molar-refractivity contribution in [3.05, 3.63) is 64.1 Å². The van der Waals surface area contributed by atoms with E-state index < -0.39 is 11.9 Å². The maximum atomic E-state index is 11.7. The molecule has 0 atom stereocenters. The normalized spacial score (nSPS) is 10.7. The molecule has 8 heteroatoms. The first-order valence-corrected chi connectivity index (χ1v) is 9.39. The molecular formula is C19H17ClN2O4S. The van der Waals surface area contributed by atoms with E-state index in [2.05, 4.69) is 10.3 Å². The number of fused-ring (bicyclic) bond motifs is 1. The van der Waals surface area contributed by atoms with Gasteiger partial charge in [0.05, 0.1) is 16.8 Å². The van der Waals surface area contributed by atoms with Crippen LogP contribution in [0.25, 0.3) is 10.2 Å². The zero-order valence-corrected chi connectivity index (χ0v) is 15.9. The molecule has 0 spiro atoms. The Hall–Kier alpha value is -2.48. The molecule has 0 bridgehead atoms. The molecule has 1 N–H and O–H groups in total. The number of hydrogen-bond acceptors (Lipinski definition) is 6. The highest BCUT2D eigenvalue weighted by Gasteiger charge is 2.10. The van der Waals surface area contributed by atoms with Crippen molar-refractivity contribution < 1.29 is 19.1 Å². The third-order valence-electron chi connectivity index (χ3n) is 3.58. The van der Waals surface area contributed by atoms with Crippen LogP contribution in [0.2, 0.25) is 5.02 Å². The number of amides is 1. The number of nitrogens with zero attached hydrogens (tertiary/aromatic N) is 1. The van der Waals surface area contributed by atoms with Crippen LogP contribution in [0.4, 0.5) is 0 Å². The van der Waals surface area contributed by atoms with E-state index in [1.165, 1.54) is 11.3 Å². The van der Waals surface area contributed by atoms with Gasteiger partial charge in [0.15, 0.2) is 6.61 Å². The van der Waals surface area contributed by atoms with E-state index in [1.54, 1.807) is 6.07 Å². The monoisotopic (exact) mass is 404 g/mol. The minimum absolute atomic E-state index is 0.215. The molecular weight excluding hydrogens is 388 g/mol. The third-order valence-corrected chi connectivity index (χ3v) is 4.96. The van der Waals surface area contributed by atoms with Gasteiger partial charge in [-0.05, 0) is 23.8 Å². The molecule has 1 heterocycles. The first-order chi connectivity index (χ1) is 13.1. The first kappa shape index (κ1) is 19.3. The van der Waals surface area contributed by atoms with Crippen molar-refractivity contribution in [2.45, 2.75) is 13.2 Å². The number of thiazole rings is 1. The number of aromatic nitrogens is 1. The fourth-order valence-corrected chi connectivity index (χ4v) is 3.39. The zero-order chi connectivity index (χ0) is 19.1. The van der Waals surface area contributed by atoms with Crippen molar-refractivity contribution in [3.63, 3.8) is 0 Å². The van der Waals surface area contributed by atoms with Gasteiger partial charge >= 0.3 is 5.97 Å². The van der Waals surface area contributed by atoms with Crippen molar-refractivity contribution in [2.75, 3.05) is 13.2 Å². The van der Waals surface area contributed by atoms with Crippen molar-refractivity contribution in [2.24, 2.45) is 0 Å². The number of nitrogens with one attached hydrogen (secondary N) is 1. The van der Waals surface area contributed by atoms with E-state index in [-0.39, 0.29) is 26.4 Å². The molecule has 0 saturated carbocycles. The molecule has 6 nitrogen and oxygen atoms in total. The topological polar surface area (TPSA) is 77.5 Å². The number of hydrogen-bond donors (Lipinski definition) is 1. The lowest BCUT2D eigenvalue weighted by Crippen LogP contribution is -2.29. The van der Waals surface area contributed by atoms with E-state index in [1.807, 2.05) is 42.5 Å². The third kappa shape index (κ3) is 5.75. The van der Waals surface area contributed by atoms with Crippen molar-refractivity contribution >= 4 is 45.0 Å². The number of ether oxygens (including phenoxy) is 2. The van der Waals surface area contributed by atoms with Gasteiger partial charge in [0, 0.05) is 11.6 Å². The molecule has 0 aliphatic carbocycles. The number of rotatable bonds is 8. The molecule has 1 aromatic heterocycles. The van der Waals surface area contributed by atoms with Crippen LogP contribution >= 0.6 is 22.9 Å². The van der Waals surface area contributed by atoms with Gasteiger partial charge in [-0.2, -0.15) is 0 Å². The van der Waals surface area contributed by atoms with E-state index >= 15 is 0 Å². The smallest absolute Gasteiger partial charge is 0.332 e. The van der Waals surface area contributed by atoms with E-state index in [0.717, 1.165) is 20.8 Å². The number of carbonyl (C=O) groups is 2. The van der Waals surface area contributed by atoms with Crippen LogP contribution in [0.15, 0.2) is 48.5 Å². The molecule has 0 saturated heterocycles. The molecule has 140 valence electrons. The Morgan fingerprint density at radius 2 is 1.85 bits per heavy atom. The predicted molar refractivity (Wildman–Crippen MR) is 104 cm³/mol. The standard InChI is InChI=1S/C19H17ClN2O4S/c20-14-6-2-1-5-13(14)9-21-17(23)10-26-19(24)12-25-11-18-22-15-7-3-4-8-16(15)27-18/h1-8H,9-12H2,(H,21,23). The summed E-state index contributed by atoms with van der Waals surface area (Å²) in [6, 6.07) is 15.0. The van der Waals surface area contributed by atoms with Crippen LogP contribution in [-0.4, -0.2) is 30.1 Å². The van der Waals surface area contributed by atoms with E-state index in [9.17, 15) is 9.59 Å². The lowest BCUT2D eigenvalue weighted by atomic mass is 10.2. The molecule has 0 aliphatic rings. The molecule has 0 radical (unpaired) electrons. The minimum Gasteiger partial charge on any atom is -0.454 e. The summed E-state index contributed by atoms with van der Waals surface area (Å²) in [5, 5.41) is 3.99. The Labute approximate surface area is 165 Å². The van der Waals surface area contributed by atoms with Crippen LogP contribution in [0.1, 0.15) is 10.6 Å². The molecule has 3 aromatic rings. The summed E-state index contributed by atoms with van der Waals surface area (Å²) in [4.78, 5) is 27.8. The zero-order valence-electron chi connectivity index (χ0n) is 14.3. The number of esters is 1.